The molecule has 3 rings (SSSR count). The maximum atomic E-state index is 10.7. The van der Waals surface area contributed by atoms with Gasteiger partial charge in [-0.15, -0.1) is 0 Å². The molecule has 150 valence electrons. The van der Waals surface area contributed by atoms with Crippen LogP contribution in [0.5, 0.6) is 0 Å². The number of aldehydes is 2. The zero-order valence-electron chi connectivity index (χ0n) is 16.2. The Morgan fingerprint density at radius 3 is 1.43 bits per heavy atom. The molecule has 6 nitrogen and oxygen atoms in total. The maximum absolute atomic E-state index is 10.7. The zero-order valence-corrected chi connectivity index (χ0v) is 16.2. The van der Waals surface area contributed by atoms with Crippen LogP contribution < -0.4 is 0 Å². The van der Waals surface area contributed by atoms with Gasteiger partial charge in [-0.05, 0) is 60.5 Å². The van der Waals surface area contributed by atoms with Crippen molar-refractivity contribution in [3.8, 4) is 47.4 Å². The Morgan fingerprint density at radius 1 is 0.667 bits per heavy atom. The fourth-order valence-electron chi connectivity index (χ4n) is 2.67. The lowest BCUT2D eigenvalue weighted by molar-refractivity contribution is -0.193. The van der Waals surface area contributed by atoms with Crippen LogP contribution >= 0.6 is 0 Å². The monoisotopic (exact) mass is 402 g/mol. The molecular weight excluding hydrogens is 384 g/mol. The van der Waals surface area contributed by atoms with Crippen molar-refractivity contribution in [2.45, 2.75) is 24.4 Å². The minimum atomic E-state index is -1.45. The van der Waals surface area contributed by atoms with Gasteiger partial charge in [-0.1, -0.05) is 24.0 Å². The van der Waals surface area contributed by atoms with Crippen molar-refractivity contribution in [2.75, 3.05) is 26.4 Å². The van der Waals surface area contributed by atoms with Crippen molar-refractivity contribution < 1.29 is 28.5 Å². The summed E-state index contributed by atoms with van der Waals surface area (Å²) in [6, 6.07) is 7.20. The summed E-state index contributed by atoms with van der Waals surface area (Å²) in [7, 11) is 0. The van der Waals surface area contributed by atoms with Gasteiger partial charge in [0, 0.05) is 11.1 Å². The van der Waals surface area contributed by atoms with Gasteiger partial charge < -0.3 is 18.9 Å². The van der Waals surface area contributed by atoms with E-state index in [0.29, 0.717) is 50.1 Å². The lowest BCUT2D eigenvalue weighted by atomic mass is 10.1. The molecule has 0 saturated carbocycles. The van der Waals surface area contributed by atoms with Crippen LogP contribution in [0.25, 0.3) is 0 Å². The average molecular weight is 402 g/mol. The van der Waals surface area contributed by atoms with Crippen molar-refractivity contribution >= 4 is 12.6 Å². The van der Waals surface area contributed by atoms with Gasteiger partial charge in [0.15, 0.2) is 12.6 Å². The molecule has 0 unspecified atom stereocenters. The molecule has 2 heterocycles. The fourth-order valence-corrected chi connectivity index (χ4v) is 2.67. The first-order valence-electron chi connectivity index (χ1n) is 9.35. The summed E-state index contributed by atoms with van der Waals surface area (Å²) in [6.45, 7) is 1.71. The fraction of sp³-hybridized carbons (Fsp3) is 0.333. The van der Waals surface area contributed by atoms with Gasteiger partial charge in [0.1, 0.15) is 0 Å². The summed E-state index contributed by atoms with van der Waals surface area (Å²) in [4.78, 5) is 21.3. The molecule has 1 aromatic rings. The smallest absolute Gasteiger partial charge is 0.301 e. The second kappa shape index (κ2) is 10.4. The Morgan fingerprint density at radius 2 is 1.07 bits per heavy atom. The molecule has 2 fully saturated rings. The first-order valence-corrected chi connectivity index (χ1v) is 9.35. The molecule has 0 amide bonds. The average Bonchev–Trinajstić information content (AvgIpc) is 2.81. The summed E-state index contributed by atoms with van der Waals surface area (Å²) in [6.07, 6.45) is 2.37. The van der Waals surface area contributed by atoms with Crippen molar-refractivity contribution in [3.63, 3.8) is 0 Å². The lowest BCUT2D eigenvalue weighted by Crippen LogP contribution is -2.38. The molecule has 2 aliphatic heterocycles. The number of carbonyl (C=O) groups excluding carboxylic acids is 2. The third kappa shape index (κ3) is 5.59. The van der Waals surface area contributed by atoms with Crippen molar-refractivity contribution in [2.24, 2.45) is 0 Å². The molecule has 2 aliphatic rings. The first-order chi connectivity index (χ1) is 14.7. The van der Waals surface area contributed by atoms with Crippen molar-refractivity contribution in [1.82, 2.24) is 0 Å². The van der Waals surface area contributed by atoms with Crippen LogP contribution in [0.2, 0.25) is 0 Å². The van der Waals surface area contributed by atoms with E-state index < -0.39 is 11.6 Å². The molecule has 6 heteroatoms. The highest BCUT2D eigenvalue weighted by atomic mass is 16.7. The van der Waals surface area contributed by atoms with Gasteiger partial charge in [0.2, 0.25) is 0 Å². The molecule has 0 N–H and O–H groups in total. The number of ether oxygens (including phenoxy) is 4. The van der Waals surface area contributed by atoms with E-state index in [1.807, 2.05) is 12.1 Å². The van der Waals surface area contributed by atoms with E-state index in [2.05, 4.69) is 47.4 Å². The Labute approximate surface area is 175 Å². The highest BCUT2D eigenvalue weighted by molar-refractivity contribution is 5.73. The summed E-state index contributed by atoms with van der Waals surface area (Å²) < 4.78 is 22.4. The zero-order chi connectivity index (χ0) is 21.1. The quantitative estimate of drug-likeness (QED) is 0.478. The lowest BCUT2D eigenvalue weighted by Gasteiger charge is -2.27. The van der Waals surface area contributed by atoms with Crippen LogP contribution in [0.4, 0.5) is 0 Å². The maximum Gasteiger partial charge on any atom is 0.301 e. The summed E-state index contributed by atoms with van der Waals surface area (Å²) in [5.41, 5.74) is 1.20. The molecule has 2 saturated heterocycles. The Kier molecular flexibility index (Phi) is 7.42. The summed E-state index contributed by atoms with van der Waals surface area (Å²) in [5.74, 6) is 18.7. The van der Waals surface area contributed by atoms with Crippen molar-refractivity contribution in [1.29, 1.82) is 0 Å². The van der Waals surface area contributed by atoms with Crippen molar-refractivity contribution in [3.05, 3.63) is 35.4 Å². The van der Waals surface area contributed by atoms with Gasteiger partial charge in [-0.25, -0.2) is 0 Å². The van der Waals surface area contributed by atoms with E-state index in [0.717, 1.165) is 12.8 Å². The minimum Gasteiger partial charge on any atom is -0.330 e. The molecule has 0 atom stereocenters. The topological polar surface area (TPSA) is 71.1 Å². The first kappa shape index (κ1) is 21.4. The number of benzene rings is 1. The number of carbonyl (C=O) groups is 2. The number of rotatable bonds is 0. The van der Waals surface area contributed by atoms with Gasteiger partial charge in [-0.2, -0.15) is 0 Å². The third-order valence-corrected chi connectivity index (χ3v) is 4.04. The SMILES string of the molecule is O=CC#CC1(C#Cc2ccccc2C#CC2(C#CC=O)OCCCO2)OCCCO1. The third-order valence-electron chi connectivity index (χ3n) is 4.04. The van der Waals surface area contributed by atoms with E-state index in [4.69, 9.17) is 18.9 Å². The highest BCUT2D eigenvalue weighted by Gasteiger charge is 2.32. The molecule has 0 radical (unpaired) electrons. The Bertz CT molecular complexity index is 945. The summed E-state index contributed by atoms with van der Waals surface area (Å²) in [5, 5.41) is 0. The number of hydrogen-bond donors (Lipinski definition) is 0. The van der Waals surface area contributed by atoms with Gasteiger partial charge in [-0.3, -0.25) is 9.59 Å². The molecular formula is C24H18O6. The number of hydrogen-bond acceptors (Lipinski definition) is 6. The largest absolute Gasteiger partial charge is 0.330 e. The van der Waals surface area contributed by atoms with Crippen LogP contribution in [0.3, 0.4) is 0 Å². The van der Waals surface area contributed by atoms with Crippen LogP contribution in [-0.4, -0.2) is 50.6 Å². The Hall–Kier alpha value is -3.36. The second-order valence-electron chi connectivity index (χ2n) is 6.15. The van der Waals surface area contributed by atoms with E-state index in [1.165, 1.54) is 0 Å². The van der Waals surface area contributed by atoms with E-state index in [1.54, 1.807) is 12.1 Å². The highest BCUT2D eigenvalue weighted by Crippen LogP contribution is 2.19. The van der Waals surface area contributed by atoms with E-state index in [-0.39, 0.29) is 0 Å². The molecule has 0 bridgehead atoms. The standard InChI is InChI=1S/C24H18O6/c25-15-3-11-23(27-17-5-18-28-23)13-9-21-7-1-2-8-22(21)10-14-24(12-4-16-26)29-19-6-20-30-24/h1-2,7-8,15-16H,5-6,17-20H2. The van der Waals surface area contributed by atoms with Crippen LogP contribution in [0.15, 0.2) is 24.3 Å². The van der Waals surface area contributed by atoms with Gasteiger partial charge in [0.25, 0.3) is 0 Å². The van der Waals surface area contributed by atoms with Gasteiger partial charge in [0.05, 0.1) is 26.4 Å². The Balaban J connectivity index is 1.94. The molecule has 0 aromatic heterocycles. The predicted octanol–water partition coefficient (Wildman–Crippen LogP) is 1.06. The molecule has 1 aromatic carbocycles. The van der Waals surface area contributed by atoms with Crippen LogP contribution in [0.1, 0.15) is 24.0 Å². The molecule has 30 heavy (non-hydrogen) atoms. The van der Waals surface area contributed by atoms with E-state index >= 15 is 0 Å². The molecule has 0 spiro atoms. The predicted molar refractivity (Wildman–Crippen MR) is 106 cm³/mol. The van der Waals surface area contributed by atoms with Crippen LogP contribution in [0, 0.1) is 47.4 Å². The van der Waals surface area contributed by atoms with Crippen LogP contribution in [-0.2, 0) is 28.5 Å². The minimum absolute atomic E-state index is 0.427. The normalized spacial score (nSPS) is 18.4. The molecule has 0 aliphatic carbocycles. The van der Waals surface area contributed by atoms with Gasteiger partial charge >= 0.3 is 11.6 Å². The van der Waals surface area contributed by atoms with E-state index in [9.17, 15) is 9.59 Å². The summed E-state index contributed by atoms with van der Waals surface area (Å²) >= 11 is 0. The second-order valence-corrected chi connectivity index (χ2v) is 6.15.